The molecule has 2 atom stereocenters. The molecule has 0 spiro atoms. The summed E-state index contributed by atoms with van der Waals surface area (Å²) in [6.45, 7) is 4.40. The highest BCUT2D eigenvalue weighted by atomic mass is 16.1. The molecule has 1 saturated carbocycles. The number of isocyanates is 1. The number of hydrogen-bond acceptors (Lipinski definition) is 2. The lowest BCUT2D eigenvalue weighted by Crippen LogP contribution is -2.16. The molecule has 1 aliphatic rings. The molecular weight excluding hydrogens is 138 g/mol. The number of nitrogens with zero attached hydrogens (tertiary/aromatic N) is 1. The van der Waals surface area contributed by atoms with Crippen LogP contribution in [0.5, 0.6) is 0 Å². The van der Waals surface area contributed by atoms with E-state index in [1.807, 2.05) is 0 Å². The van der Waals surface area contributed by atoms with Crippen molar-refractivity contribution in [3.8, 4) is 0 Å². The van der Waals surface area contributed by atoms with Crippen molar-refractivity contribution >= 4 is 6.08 Å². The van der Waals surface area contributed by atoms with Crippen LogP contribution < -0.4 is 0 Å². The van der Waals surface area contributed by atoms with E-state index in [2.05, 4.69) is 18.8 Å². The first-order valence-corrected chi connectivity index (χ1v) is 4.32. The zero-order chi connectivity index (χ0) is 8.27. The molecule has 0 aromatic heterocycles. The lowest BCUT2D eigenvalue weighted by Gasteiger charge is -2.17. The van der Waals surface area contributed by atoms with Crippen molar-refractivity contribution in [3.63, 3.8) is 0 Å². The first kappa shape index (κ1) is 8.48. The fourth-order valence-corrected chi connectivity index (χ4v) is 1.97. The molecule has 0 saturated heterocycles. The predicted octanol–water partition coefficient (Wildman–Crippen LogP) is 2.15. The number of rotatable bonds is 2. The third-order valence-corrected chi connectivity index (χ3v) is 2.61. The summed E-state index contributed by atoms with van der Waals surface area (Å²) in [5.74, 6) is 1.27. The first-order valence-electron chi connectivity index (χ1n) is 4.32. The molecule has 1 aliphatic carbocycles. The van der Waals surface area contributed by atoms with Gasteiger partial charge in [-0.05, 0) is 24.7 Å². The Morgan fingerprint density at radius 2 is 2.18 bits per heavy atom. The Morgan fingerprint density at radius 3 is 2.73 bits per heavy atom. The first-order chi connectivity index (χ1) is 5.25. The van der Waals surface area contributed by atoms with E-state index in [0.717, 1.165) is 6.42 Å². The van der Waals surface area contributed by atoms with Crippen LogP contribution in [0.1, 0.15) is 33.1 Å². The van der Waals surface area contributed by atoms with Gasteiger partial charge in [-0.3, -0.25) is 0 Å². The minimum Gasteiger partial charge on any atom is -0.211 e. The van der Waals surface area contributed by atoms with Gasteiger partial charge in [-0.2, -0.15) is 0 Å². The normalized spacial score (nSPS) is 30.5. The van der Waals surface area contributed by atoms with Crippen molar-refractivity contribution in [1.82, 2.24) is 0 Å². The van der Waals surface area contributed by atoms with Crippen LogP contribution in [0, 0.1) is 11.8 Å². The van der Waals surface area contributed by atoms with Crippen molar-refractivity contribution in [2.75, 3.05) is 0 Å². The fourth-order valence-electron chi connectivity index (χ4n) is 1.97. The summed E-state index contributed by atoms with van der Waals surface area (Å²) in [5.41, 5.74) is 0. The number of carbonyl (C=O) groups excluding carboxylic acids is 1. The van der Waals surface area contributed by atoms with Gasteiger partial charge in [0, 0.05) is 0 Å². The summed E-state index contributed by atoms with van der Waals surface area (Å²) in [6, 6.07) is 0.271. The summed E-state index contributed by atoms with van der Waals surface area (Å²) in [6.07, 6.45) is 5.20. The van der Waals surface area contributed by atoms with E-state index in [1.54, 1.807) is 6.08 Å². The molecule has 1 rings (SSSR count). The number of hydrogen-bond donors (Lipinski definition) is 0. The largest absolute Gasteiger partial charge is 0.235 e. The van der Waals surface area contributed by atoms with E-state index < -0.39 is 0 Å². The van der Waals surface area contributed by atoms with Gasteiger partial charge in [-0.15, -0.1) is 0 Å². The minimum absolute atomic E-state index is 0.271. The lowest BCUT2D eigenvalue weighted by molar-refractivity contribution is 0.358. The highest BCUT2D eigenvalue weighted by molar-refractivity contribution is 5.33. The maximum atomic E-state index is 10.0. The molecule has 0 aromatic carbocycles. The quantitative estimate of drug-likeness (QED) is 0.441. The Hall–Kier alpha value is -0.620. The summed E-state index contributed by atoms with van der Waals surface area (Å²) >= 11 is 0. The van der Waals surface area contributed by atoms with Gasteiger partial charge in [-0.1, -0.05) is 20.3 Å². The van der Waals surface area contributed by atoms with Crippen molar-refractivity contribution < 1.29 is 4.79 Å². The molecule has 1 fully saturated rings. The monoisotopic (exact) mass is 153 g/mol. The van der Waals surface area contributed by atoms with E-state index in [9.17, 15) is 4.79 Å². The van der Waals surface area contributed by atoms with Gasteiger partial charge in [0.2, 0.25) is 6.08 Å². The van der Waals surface area contributed by atoms with Crippen LogP contribution in [0.3, 0.4) is 0 Å². The van der Waals surface area contributed by atoms with Gasteiger partial charge in [0.25, 0.3) is 0 Å². The molecule has 62 valence electrons. The summed E-state index contributed by atoms with van der Waals surface area (Å²) in [4.78, 5) is 13.9. The summed E-state index contributed by atoms with van der Waals surface area (Å²) in [7, 11) is 0. The molecule has 0 amide bonds. The van der Waals surface area contributed by atoms with Gasteiger partial charge in [0.05, 0.1) is 6.04 Å². The van der Waals surface area contributed by atoms with Crippen LogP contribution >= 0.6 is 0 Å². The van der Waals surface area contributed by atoms with Gasteiger partial charge in [0.1, 0.15) is 0 Å². The minimum atomic E-state index is 0.271. The SMILES string of the molecule is CC(C)C1CCCC1N=C=O. The van der Waals surface area contributed by atoms with E-state index in [4.69, 9.17) is 0 Å². The molecule has 2 nitrogen and oxygen atoms in total. The van der Waals surface area contributed by atoms with E-state index >= 15 is 0 Å². The average molecular weight is 153 g/mol. The van der Waals surface area contributed by atoms with Crippen molar-refractivity contribution in [2.45, 2.75) is 39.2 Å². The van der Waals surface area contributed by atoms with E-state index in [1.165, 1.54) is 12.8 Å². The van der Waals surface area contributed by atoms with Crippen molar-refractivity contribution in [1.29, 1.82) is 0 Å². The Morgan fingerprint density at radius 1 is 1.45 bits per heavy atom. The Labute approximate surface area is 67.7 Å². The highest BCUT2D eigenvalue weighted by Gasteiger charge is 2.28. The van der Waals surface area contributed by atoms with Crippen LogP contribution in [0.15, 0.2) is 4.99 Å². The van der Waals surface area contributed by atoms with Crippen LogP contribution in [-0.4, -0.2) is 12.1 Å². The Balaban J connectivity index is 2.57. The smallest absolute Gasteiger partial charge is 0.211 e. The zero-order valence-electron chi connectivity index (χ0n) is 7.21. The maximum absolute atomic E-state index is 10.0. The van der Waals surface area contributed by atoms with Crippen LogP contribution in [0.2, 0.25) is 0 Å². The Kier molecular flexibility index (Phi) is 2.84. The summed E-state index contributed by atoms with van der Waals surface area (Å²) < 4.78 is 0. The van der Waals surface area contributed by atoms with Crippen LogP contribution in [0.4, 0.5) is 0 Å². The molecule has 2 unspecified atom stereocenters. The van der Waals surface area contributed by atoms with Gasteiger partial charge in [-0.25, -0.2) is 9.79 Å². The molecule has 0 N–H and O–H groups in total. The number of aliphatic imine (C=N–C) groups is 1. The van der Waals surface area contributed by atoms with Gasteiger partial charge in [0.15, 0.2) is 0 Å². The molecule has 0 aliphatic heterocycles. The summed E-state index contributed by atoms with van der Waals surface area (Å²) in [5, 5.41) is 0. The topological polar surface area (TPSA) is 29.4 Å². The lowest BCUT2D eigenvalue weighted by atomic mass is 9.91. The van der Waals surface area contributed by atoms with Crippen molar-refractivity contribution in [2.24, 2.45) is 16.8 Å². The second kappa shape index (κ2) is 3.68. The second-order valence-electron chi connectivity index (χ2n) is 3.63. The molecule has 0 heterocycles. The third-order valence-electron chi connectivity index (χ3n) is 2.61. The molecule has 11 heavy (non-hydrogen) atoms. The zero-order valence-corrected chi connectivity index (χ0v) is 7.21. The Bertz CT molecular complexity index is 170. The highest BCUT2D eigenvalue weighted by Crippen LogP contribution is 2.33. The standard InChI is InChI=1S/C9H15NO/c1-7(2)8-4-3-5-9(8)10-6-11/h7-9H,3-5H2,1-2H3. The van der Waals surface area contributed by atoms with Crippen molar-refractivity contribution in [3.05, 3.63) is 0 Å². The van der Waals surface area contributed by atoms with Gasteiger partial charge >= 0.3 is 0 Å². The average Bonchev–Trinajstić information content (AvgIpc) is 2.36. The molecule has 0 bridgehead atoms. The molecule has 0 radical (unpaired) electrons. The van der Waals surface area contributed by atoms with Crippen LogP contribution in [-0.2, 0) is 4.79 Å². The van der Waals surface area contributed by atoms with Crippen LogP contribution in [0.25, 0.3) is 0 Å². The second-order valence-corrected chi connectivity index (χ2v) is 3.63. The predicted molar refractivity (Wildman–Crippen MR) is 44.1 cm³/mol. The molecule has 0 aromatic rings. The molecule has 2 heteroatoms. The van der Waals surface area contributed by atoms with E-state index in [-0.39, 0.29) is 6.04 Å². The van der Waals surface area contributed by atoms with Gasteiger partial charge < -0.3 is 0 Å². The van der Waals surface area contributed by atoms with E-state index in [0.29, 0.717) is 11.8 Å². The molecular formula is C9H15NO. The third kappa shape index (κ3) is 1.90. The maximum Gasteiger partial charge on any atom is 0.235 e. The fraction of sp³-hybridized carbons (Fsp3) is 0.889.